The molecule has 0 fully saturated rings. The highest BCUT2D eigenvalue weighted by Crippen LogP contribution is 2.33. The molecule has 0 saturated carbocycles. The molecule has 2 amide bonds. The maximum atomic E-state index is 14.6. The van der Waals surface area contributed by atoms with Gasteiger partial charge in [-0.3, -0.25) is 13.9 Å². The number of methoxy groups -OCH3 is 1. The van der Waals surface area contributed by atoms with E-state index >= 15 is 0 Å². The van der Waals surface area contributed by atoms with Crippen molar-refractivity contribution in [1.82, 2.24) is 10.2 Å². The Morgan fingerprint density at radius 1 is 0.826 bits per heavy atom. The summed E-state index contributed by atoms with van der Waals surface area (Å²) < 4.78 is 35.2. The van der Waals surface area contributed by atoms with Crippen LogP contribution in [0.1, 0.15) is 42.5 Å². The van der Waals surface area contributed by atoms with Gasteiger partial charge in [-0.15, -0.1) is 0 Å². The second-order valence-corrected chi connectivity index (χ2v) is 13.4. The molecule has 0 aliphatic heterocycles. The number of aryl methyl sites for hydroxylation is 2. The van der Waals surface area contributed by atoms with E-state index in [1.165, 1.54) is 24.1 Å². The molecule has 0 aromatic heterocycles. The molecule has 46 heavy (non-hydrogen) atoms. The molecule has 4 aromatic carbocycles. The maximum absolute atomic E-state index is 14.6. The highest BCUT2D eigenvalue weighted by molar-refractivity contribution is 7.92. The third-order valence-corrected chi connectivity index (χ3v) is 9.72. The monoisotopic (exact) mass is 641 g/mol. The summed E-state index contributed by atoms with van der Waals surface area (Å²) in [6.07, 6.45) is 0.964. The van der Waals surface area contributed by atoms with Crippen LogP contribution in [0.3, 0.4) is 0 Å². The Kier molecular flexibility index (Phi) is 11.6. The zero-order valence-electron chi connectivity index (χ0n) is 27.1. The van der Waals surface area contributed by atoms with Crippen LogP contribution in [0.15, 0.2) is 108 Å². The zero-order valence-corrected chi connectivity index (χ0v) is 28.0. The Morgan fingerprint density at radius 3 is 2.13 bits per heavy atom. The lowest BCUT2D eigenvalue weighted by Gasteiger charge is -2.34. The number of ether oxygens (including phenoxy) is 1. The van der Waals surface area contributed by atoms with Gasteiger partial charge in [0.2, 0.25) is 11.8 Å². The number of anilines is 1. The van der Waals surface area contributed by atoms with Crippen LogP contribution in [0.25, 0.3) is 0 Å². The van der Waals surface area contributed by atoms with Crippen LogP contribution in [-0.4, -0.2) is 50.9 Å². The lowest BCUT2D eigenvalue weighted by atomic mass is 10.0. The molecule has 0 unspecified atom stereocenters. The predicted molar refractivity (Wildman–Crippen MR) is 182 cm³/mol. The largest absolute Gasteiger partial charge is 0.495 e. The number of hydrogen-bond donors (Lipinski definition) is 1. The quantitative estimate of drug-likeness (QED) is 0.181. The van der Waals surface area contributed by atoms with E-state index in [0.717, 1.165) is 26.6 Å². The van der Waals surface area contributed by atoms with Crippen LogP contribution in [0.4, 0.5) is 5.69 Å². The van der Waals surface area contributed by atoms with Crippen LogP contribution >= 0.6 is 0 Å². The summed E-state index contributed by atoms with van der Waals surface area (Å²) >= 11 is 0. The average Bonchev–Trinajstić information content (AvgIpc) is 3.05. The predicted octanol–water partition coefficient (Wildman–Crippen LogP) is 6.06. The summed E-state index contributed by atoms with van der Waals surface area (Å²) in [7, 11) is -2.78. The lowest BCUT2D eigenvalue weighted by Crippen LogP contribution is -2.54. The molecule has 0 aliphatic carbocycles. The molecule has 0 radical (unpaired) electrons. The van der Waals surface area contributed by atoms with E-state index < -0.39 is 28.5 Å². The Hall–Kier alpha value is -4.63. The number of carbonyl (C=O) groups is 2. The maximum Gasteiger partial charge on any atom is 0.264 e. The molecule has 4 rings (SSSR count). The molecule has 0 aliphatic rings. The number of hydrogen-bond acceptors (Lipinski definition) is 5. The first-order valence-electron chi connectivity index (χ1n) is 15.4. The molecule has 0 spiro atoms. The first-order valence-corrected chi connectivity index (χ1v) is 16.9. The molecule has 4 aromatic rings. The molecule has 9 heteroatoms. The van der Waals surface area contributed by atoms with Crippen molar-refractivity contribution in [3.63, 3.8) is 0 Å². The van der Waals surface area contributed by atoms with Gasteiger partial charge < -0.3 is 15.0 Å². The van der Waals surface area contributed by atoms with Gasteiger partial charge in [-0.1, -0.05) is 96.9 Å². The number of para-hydroxylation sites is 2. The summed E-state index contributed by atoms with van der Waals surface area (Å²) in [5, 5.41) is 3.06. The lowest BCUT2D eigenvalue weighted by molar-refractivity contribution is -0.140. The van der Waals surface area contributed by atoms with Gasteiger partial charge in [0.05, 0.1) is 17.7 Å². The normalized spacial score (nSPS) is 12.5. The average molecular weight is 642 g/mol. The number of benzene rings is 4. The summed E-state index contributed by atoms with van der Waals surface area (Å²) in [4.78, 5) is 30.2. The zero-order chi connectivity index (χ0) is 33.3. The van der Waals surface area contributed by atoms with Crippen LogP contribution < -0.4 is 14.4 Å². The van der Waals surface area contributed by atoms with Crippen molar-refractivity contribution < 1.29 is 22.7 Å². The summed E-state index contributed by atoms with van der Waals surface area (Å²) in [5.41, 5.74) is 3.83. The van der Waals surface area contributed by atoms with Crippen molar-refractivity contribution in [2.24, 2.45) is 0 Å². The number of nitrogens with zero attached hydrogens (tertiary/aromatic N) is 2. The SMILES string of the molecule is CC[C@H](C)NC(=O)[C@@H](Cc1ccccc1)N(Cc1cccc(C)c1)C(=O)CN(c1ccccc1OC)S(=O)(=O)c1ccc(C)cc1. The number of amides is 2. The van der Waals surface area contributed by atoms with Gasteiger partial charge >= 0.3 is 0 Å². The second kappa shape index (κ2) is 15.6. The van der Waals surface area contributed by atoms with Crippen LogP contribution in [-0.2, 0) is 32.6 Å². The molecule has 1 N–H and O–H groups in total. The van der Waals surface area contributed by atoms with Gasteiger partial charge in [-0.2, -0.15) is 0 Å². The highest BCUT2D eigenvalue weighted by atomic mass is 32.2. The minimum Gasteiger partial charge on any atom is -0.495 e. The number of nitrogens with one attached hydrogen (secondary N) is 1. The first-order chi connectivity index (χ1) is 22.0. The minimum atomic E-state index is -4.23. The number of carbonyl (C=O) groups excluding carboxylic acids is 2. The standard InChI is InChI=1S/C37H43N3O5S/c1-6-29(4)38-37(42)34(24-30-14-8-7-9-15-30)39(25-31-16-12-13-28(3)23-31)36(41)26-40(33-17-10-11-18-35(33)45-5)46(43,44)32-21-19-27(2)20-22-32/h7-23,29,34H,6,24-26H2,1-5H3,(H,38,42)/t29-,34+/m0/s1. The van der Waals surface area contributed by atoms with Gasteiger partial charge in [0, 0.05) is 19.0 Å². The van der Waals surface area contributed by atoms with Crippen LogP contribution in [0.2, 0.25) is 0 Å². The van der Waals surface area contributed by atoms with Gasteiger partial charge in [-0.05, 0) is 62.6 Å². The van der Waals surface area contributed by atoms with Crippen molar-refractivity contribution in [3.8, 4) is 5.75 Å². The third kappa shape index (κ3) is 8.54. The summed E-state index contributed by atoms with van der Waals surface area (Å²) in [6.45, 7) is 7.29. The molecule has 0 bridgehead atoms. The van der Waals surface area contributed by atoms with Crippen molar-refractivity contribution in [2.45, 2.75) is 64.1 Å². The Labute approximate surface area is 273 Å². The summed E-state index contributed by atoms with van der Waals surface area (Å²) in [6, 6.07) is 29.4. The van der Waals surface area contributed by atoms with Crippen molar-refractivity contribution in [1.29, 1.82) is 0 Å². The minimum absolute atomic E-state index is 0.0392. The fraction of sp³-hybridized carbons (Fsp3) is 0.297. The molecule has 8 nitrogen and oxygen atoms in total. The third-order valence-electron chi connectivity index (χ3n) is 7.95. The van der Waals surface area contributed by atoms with Gasteiger partial charge in [0.25, 0.3) is 10.0 Å². The smallest absolute Gasteiger partial charge is 0.264 e. The highest BCUT2D eigenvalue weighted by Gasteiger charge is 2.35. The molecule has 242 valence electrons. The van der Waals surface area contributed by atoms with E-state index in [0.29, 0.717) is 12.2 Å². The Balaban J connectivity index is 1.84. The van der Waals surface area contributed by atoms with E-state index in [1.807, 2.05) is 82.3 Å². The Bertz CT molecular complexity index is 1730. The topological polar surface area (TPSA) is 96.0 Å². The van der Waals surface area contributed by atoms with E-state index in [1.54, 1.807) is 36.4 Å². The van der Waals surface area contributed by atoms with E-state index in [-0.39, 0.29) is 35.5 Å². The van der Waals surface area contributed by atoms with Crippen molar-refractivity contribution in [3.05, 3.63) is 125 Å². The Morgan fingerprint density at radius 2 is 1.48 bits per heavy atom. The molecule has 2 atom stereocenters. The molecule has 0 saturated heterocycles. The van der Waals surface area contributed by atoms with E-state index in [2.05, 4.69) is 5.32 Å². The molecular weight excluding hydrogens is 598 g/mol. The number of rotatable bonds is 14. The van der Waals surface area contributed by atoms with Crippen LogP contribution in [0, 0.1) is 13.8 Å². The van der Waals surface area contributed by atoms with Gasteiger partial charge in [0.1, 0.15) is 18.3 Å². The second-order valence-electron chi connectivity index (χ2n) is 11.5. The summed E-state index contributed by atoms with van der Waals surface area (Å²) in [5.74, 6) is -0.528. The van der Waals surface area contributed by atoms with E-state index in [4.69, 9.17) is 4.74 Å². The van der Waals surface area contributed by atoms with Crippen molar-refractivity contribution in [2.75, 3.05) is 18.0 Å². The van der Waals surface area contributed by atoms with Gasteiger partial charge in [0.15, 0.2) is 0 Å². The van der Waals surface area contributed by atoms with Crippen molar-refractivity contribution >= 4 is 27.5 Å². The fourth-order valence-electron chi connectivity index (χ4n) is 5.19. The van der Waals surface area contributed by atoms with Gasteiger partial charge in [-0.25, -0.2) is 8.42 Å². The fourth-order valence-corrected chi connectivity index (χ4v) is 6.61. The first kappa shape index (κ1) is 34.2. The number of sulfonamides is 1. The van der Waals surface area contributed by atoms with E-state index in [9.17, 15) is 18.0 Å². The molecule has 0 heterocycles. The van der Waals surface area contributed by atoms with Crippen LogP contribution in [0.5, 0.6) is 5.75 Å². The molecular formula is C37H43N3O5S.